The van der Waals surface area contributed by atoms with Crippen molar-refractivity contribution in [1.29, 1.82) is 0 Å². The quantitative estimate of drug-likeness (QED) is 0.0658. The first kappa shape index (κ1) is 38.6. The second-order valence-electron chi connectivity index (χ2n) is 12.2. The van der Waals surface area contributed by atoms with Crippen LogP contribution in [0.4, 0.5) is 0 Å². The fraction of sp³-hybridized carbons (Fsp3) is 0.722. The van der Waals surface area contributed by atoms with Crippen LogP contribution >= 0.6 is 0 Å². The Balaban J connectivity index is 0.00000840. The molecule has 0 heterocycles. The van der Waals surface area contributed by atoms with Crippen molar-refractivity contribution < 1.29 is 42.5 Å². The van der Waals surface area contributed by atoms with Crippen LogP contribution in [0.25, 0.3) is 10.8 Å². The maximum atomic E-state index is 12.1. The van der Waals surface area contributed by atoms with Crippen LogP contribution in [-0.4, -0.2) is 13.0 Å². The maximum Gasteiger partial charge on any atom is 1.00 e. The van der Waals surface area contributed by atoms with Crippen molar-refractivity contribution in [2.24, 2.45) is 0 Å². The Bertz CT molecular complexity index is 1030. The molecule has 3 nitrogen and oxygen atoms in total. The fourth-order valence-electron chi connectivity index (χ4n) is 5.93. The zero-order valence-corrected chi connectivity index (χ0v) is 29.8. The van der Waals surface area contributed by atoms with Gasteiger partial charge in [-0.2, -0.15) is 0 Å². The molecule has 0 spiro atoms. The number of fused-ring (bicyclic) bond motifs is 1. The summed E-state index contributed by atoms with van der Waals surface area (Å²) in [6, 6.07) is 9.95. The van der Waals surface area contributed by atoms with Crippen LogP contribution in [0, 0.1) is 0 Å². The Morgan fingerprint density at radius 2 is 0.927 bits per heavy atom. The molecule has 0 aliphatic carbocycles. The van der Waals surface area contributed by atoms with Crippen molar-refractivity contribution >= 4 is 20.9 Å². The number of unbranched alkanes of at least 4 members (excludes halogenated alkanes) is 20. The van der Waals surface area contributed by atoms with Gasteiger partial charge in [-0.25, -0.2) is 8.42 Å². The largest absolute Gasteiger partial charge is 1.00 e. The van der Waals surface area contributed by atoms with Gasteiger partial charge in [0, 0.05) is 0 Å². The average molecular weight is 595 g/mol. The molecule has 2 aromatic carbocycles. The first-order chi connectivity index (χ1) is 19.5. The van der Waals surface area contributed by atoms with E-state index in [1.54, 1.807) is 6.07 Å². The Morgan fingerprint density at radius 3 is 1.37 bits per heavy atom. The molecule has 0 amide bonds. The molecule has 0 N–H and O–H groups in total. The van der Waals surface area contributed by atoms with Gasteiger partial charge in [-0.05, 0) is 59.7 Å². The third kappa shape index (κ3) is 17.5. The number of hydrogen-bond acceptors (Lipinski definition) is 3. The molecule has 0 aromatic heterocycles. The third-order valence-electron chi connectivity index (χ3n) is 8.47. The average Bonchev–Trinajstić information content (AvgIpc) is 2.93. The molecule has 0 aliphatic heterocycles. The molecule has 0 saturated carbocycles. The molecular formula is C36H59NaO3S. The summed E-state index contributed by atoms with van der Waals surface area (Å²) in [4.78, 5) is -0.0149. The van der Waals surface area contributed by atoms with Crippen molar-refractivity contribution in [2.75, 3.05) is 0 Å². The van der Waals surface area contributed by atoms with Gasteiger partial charge in [-0.15, -0.1) is 0 Å². The van der Waals surface area contributed by atoms with Gasteiger partial charge in [0.2, 0.25) is 0 Å². The van der Waals surface area contributed by atoms with Crippen LogP contribution in [0.1, 0.15) is 166 Å². The van der Waals surface area contributed by atoms with Gasteiger partial charge in [0.15, 0.2) is 0 Å². The van der Waals surface area contributed by atoms with Gasteiger partial charge >= 0.3 is 29.6 Å². The zero-order chi connectivity index (χ0) is 28.9. The predicted octanol–water partition coefficient (Wildman–Crippen LogP) is 8.45. The van der Waals surface area contributed by atoms with E-state index in [-0.39, 0.29) is 34.5 Å². The topological polar surface area (TPSA) is 57.2 Å². The Kier molecular flexibility index (Phi) is 22.6. The van der Waals surface area contributed by atoms with Crippen LogP contribution in [-0.2, 0) is 23.0 Å². The van der Waals surface area contributed by atoms with E-state index in [9.17, 15) is 13.0 Å². The van der Waals surface area contributed by atoms with E-state index in [4.69, 9.17) is 0 Å². The van der Waals surface area contributed by atoms with Crippen molar-refractivity contribution in [3.63, 3.8) is 0 Å². The fourth-order valence-corrected chi connectivity index (χ4v) is 6.68. The standard InChI is InChI=1S/C36H60O3S.Na/c1-3-5-7-9-11-13-15-17-19-21-23-25-32-27-28-33-30-34(36(40(37,38)39)31-35(33)29-32)26-24-22-20-18-16-14-12-10-8-6-4-2;/h27-31H,3-26H2,1-2H3,(H,37,38,39);/q;+1/p-1. The van der Waals surface area contributed by atoms with Crippen LogP contribution < -0.4 is 29.6 Å². The van der Waals surface area contributed by atoms with Crippen molar-refractivity contribution in [1.82, 2.24) is 0 Å². The molecule has 0 bridgehead atoms. The second-order valence-corrected chi connectivity index (χ2v) is 13.5. The van der Waals surface area contributed by atoms with E-state index in [0.29, 0.717) is 12.0 Å². The van der Waals surface area contributed by atoms with Gasteiger partial charge in [0.25, 0.3) is 0 Å². The Hall–Kier alpha value is -0.390. The second kappa shape index (κ2) is 24.0. The number of aryl methyl sites for hydroxylation is 2. The smallest absolute Gasteiger partial charge is 0.744 e. The Labute approximate surface area is 276 Å². The molecule has 0 fully saturated rings. The van der Waals surface area contributed by atoms with E-state index in [0.717, 1.165) is 36.5 Å². The molecule has 2 rings (SSSR count). The van der Waals surface area contributed by atoms with Crippen molar-refractivity contribution in [3.8, 4) is 0 Å². The molecule has 0 saturated heterocycles. The maximum absolute atomic E-state index is 12.1. The van der Waals surface area contributed by atoms with Crippen LogP contribution in [0.3, 0.4) is 0 Å². The molecule has 41 heavy (non-hydrogen) atoms. The van der Waals surface area contributed by atoms with Crippen molar-refractivity contribution in [3.05, 3.63) is 41.5 Å². The summed E-state index contributed by atoms with van der Waals surface area (Å²) in [7, 11) is -4.49. The molecule has 0 radical (unpaired) electrons. The molecule has 0 atom stereocenters. The number of hydrogen-bond donors (Lipinski definition) is 0. The summed E-state index contributed by atoms with van der Waals surface area (Å²) in [5.74, 6) is 0. The van der Waals surface area contributed by atoms with Gasteiger partial charge in [0.05, 0.1) is 4.90 Å². The molecule has 0 unspecified atom stereocenters. The third-order valence-corrected chi connectivity index (χ3v) is 9.39. The van der Waals surface area contributed by atoms with E-state index >= 15 is 0 Å². The number of rotatable bonds is 25. The van der Waals surface area contributed by atoms with Gasteiger partial charge in [0.1, 0.15) is 10.1 Å². The first-order valence-corrected chi connectivity index (χ1v) is 18.4. The van der Waals surface area contributed by atoms with Crippen molar-refractivity contribution in [2.45, 2.75) is 173 Å². The minimum absolute atomic E-state index is 0. The summed E-state index contributed by atoms with van der Waals surface area (Å²) in [6.45, 7) is 4.52. The van der Waals surface area contributed by atoms with Crippen LogP contribution in [0.5, 0.6) is 0 Å². The summed E-state index contributed by atoms with van der Waals surface area (Å²) in [6.07, 6.45) is 30.1. The summed E-state index contributed by atoms with van der Waals surface area (Å²) in [5.41, 5.74) is 1.92. The van der Waals surface area contributed by atoms with E-state index in [2.05, 4.69) is 32.0 Å². The monoisotopic (exact) mass is 594 g/mol. The number of benzene rings is 2. The molecule has 0 aliphatic rings. The van der Waals surface area contributed by atoms with E-state index in [1.807, 2.05) is 6.07 Å². The molecular weight excluding hydrogens is 535 g/mol. The summed E-state index contributed by atoms with van der Waals surface area (Å²) < 4.78 is 36.3. The van der Waals surface area contributed by atoms with Crippen LogP contribution in [0.2, 0.25) is 0 Å². The minimum Gasteiger partial charge on any atom is -0.744 e. The minimum atomic E-state index is -4.49. The Morgan fingerprint density at radius 1 is 0.512 bits per heavy atom. The van der Waals surface area contributed by atoms with E-state index < -0.39 is 10.1 Å². The predicted molar refractivity (Wildman–Crippen MR) is 172 cm³/mol. The normalized spacial score (nSPS) is 11.7. The summed E-state index contributed by atoms with van der Waals surface area (Å²) in [5, 5.41) is 1.91. The zero-order valence-electron chi connectivity index (χ0n) is 27.0. The van der Waals surface area contributed by atoms with Gasteiger partial charge < -0.3 is 4.55 Å². The van der Waals surface area contributed by atoms with Crippen LogP contribution in [0.15, 0.2) is 35.2 Å². The molecule has 2 aromatic rings. The van der Waals surface area contributed by atoms with Gasteiger partial charge in [-0.1, -0.05) is 160 Å². The van der Waals surface area contributed by atoms with Gasteiger partial charge in [-0.3, -0.25) is 0 Å². The molecule has 228 valence electrons. The SMILES string of the molecule is CCCCCCCCCCCCCc1ccc2cc(CCCCCCCCCCCCC)c(S(=O)(=O)[O-])cc2c1.[Na+]. The summed E-state index contributed by atoms with van der Waals surface area (Å²) >= 11 is 0. The van der Waals surface area contributed by atoms with E-state index in [1.165, 1.54) is 128 Å². The first-order valence-electron chi connectivity index (χ1n) is 17.0. The molecule has 5 heteroatoms.